The topological polar surface area (TPSA) is 44.3 Å². The summed E-state index contributed by atoms with van der Waals surface area (Å²) in [7, 11) is 3.92. The van der Waals surface area contributed by atoms with E-state index in [0.29, 0.717) is 0 Å². The van der Waals surface area contributed by atoms with Gasteiger partial charge in [-0.2, -0.15) is 4.98 Å². The lowest BCUT2D eigenvalue weighted by molar-refractivity contribution is 0.351. The molecule has 1 N–H and O–H groups in total. The highest BCUT2D eigenvalue weighted by Gasteiger charge is 2.26. The van der Waals surface area contributed by atoms with Gasteiger partial charge in [-0.25, -0.2) is 4.98 Å². The predicted molar refractivity (Wildman–Crippen MR) is 70.7 cm³/mol. The van der Waals surface area contributed by atoms with Crippen LogP contribution in [0.3, 0.4) is 0 Å². The van der Waals surface area contributed by atoms with Crippen LogP contribution in [0.5, 0.6) is 0 Å². The average Bonchev–Trinajstić information content (AvgIpc) is 2.28. The normalized spacial score (nSPS) is 19.2. The summed E-state index contributed by atoms with van der Waals surface area (Å²) in [6.07, 6.45) is 1.83. The van der Waals surface area contributed by atoms with Crippen LogP contribution in [0.1, 0.15) is 13.8 Å². The Kier molecular flexibility index (Phi) is 3.19. The van der Waals surface area contributed by atoms with E-state index in [1.54, 1.807) is 0 Å². The number of piperazine rings is 1. The molecule has 2 heterocycles. The second-order valence-corrected chi connectivity index (χ2v) is 5.34. The monoisotopic (exact) mass is 235 g/mol. The molecule has 2 rings (SSSR count). The Labute approximate surface area is 103 Å². The molecule has 5 nitrogen and oxygen atoms in total. The lowest BCUT2D eigenvalue weighted by atomic mass is 10.0. The first-order chi connectivity index (χ1) is 7.98. The number of rotatable bonds is 2. The van der Waals surface area contributed by atoms with Crippen molar-refractivity contribution in [1.29, 1.82) is 0 Å². The van der Waals surface area contributed by atoms with E-state index in [2.05, 4.69) is 34.0 Å². The summed E-state index contributed by atoms with van der Waals surface area (Å²) in [6.45, 7) is 7.39. The highest BCUT2D eigenvalue weighted by atomic mass is 15.3. The van der Waals surface area contributed by atoms with Crippen molar-refractivity contribution in [2.24, 2.45) is 0 Å². The van der Waals surface area contributed by atoms with Crippen molar-refractivity contribution in [1.82, 2.24) is 15.3 Å². The van der Waals surface area contributed by atoms with Crippen molar-refractivity contribution in [2.75, 3.05) is 43.5 Å². The van der Waals surface area contributed by atoms with Gasteiger partial charge in [0.15, 0.2) is 0 Å². The summed E-state index contributed by atoms with van der Waals surface area (Å²) in [5.41, 5.74) is 0.140. The number of nitrogens with one attached hydrogen (secondary N) is 1. The van der Waals surface area contributed by atoms with Crippen LogP contribution in [0, 0.1) is 0 Å². The van der Waals surface area contributed by atoms with Crippen molar-refractivity contribution >= 4 is 11.8 Å². The minimum Gasteiger partial charge on any atom is -0.353 e. The highest BCUT2D eigenvalue weighted by Crippen LogP contribution is 2.18. The van der Waals surface area contributed by atoms with E-state index in [1.165, 1.54) is 0 Å². The Morgan fingerprint density at radius 1 is 1.41 bits per heavy atom. The third-order valence-electron chi connectivity index (χ3n) is 2.92. The van der Waals surface area contributed by atoms with E-state index >= 15 is 0 Å². The van der Waals surface area contributed by atoms with Gasteiger partial charge >= 0.3 is 0 Å². The summed E-state index contributed by atoms with van der Waals surface area (Å²) < 4.78 is 0. The Balaban J connectivity index is 2.19. The average molecular weight is 235 g/mol. The summed E-state index contributed by atoms with van der Waals surface area (Å²) in [5, 5.41) is 3.50. The molecule has 17 heavy (non-hydrogen) atoms. The van der Waals surface area contributed by atoms with Gasteiger partial charge in [0.1, 0.15) is 5.82 Å². The van der Waals surface area contributed by atoms with Gasteiger partial charge in [-0.1, -0.05) is 0 Å². The van der Waals surface area contributed by atoms with Crippen molar-refractivity contribution in [3.63, 3.8) is 0 Å². The van der Waals surface area contributed by atoms with Gasteiger partial charge in [-0.3, -0.25) is 0 Å². The van der Waals surface area contributed by atoms with Gasteiger partial charge in [0.05, 0.1) is 0 Å². The summed E-state index contributed by atoms with van der Waals surface area (Å²) in [6, 6.07) is 1.98. The minimum atomic E-state index is 0.140. The number of hydrogen-bond donors (Lipinski definition) is 1. The molecule has 0 bridgehead atoms. The molecule has 0 amide bonds. The second-order valence-electron chi connectivity index (χ2n) is 5.34. The molecule has 0 atom stereocenters. The summed E-state index contributed by atoms with van der Waals surface area (Å²) >= 11 is 0. The molecular weight excluding hydrogens is 214 g/mol. The van der Waals surface area contributed by atoms with Crippen molar-refractivity contribution < 1.29 is 0 Å². The molecule has 1 saturated heterocycles. The highest BCUT2D eigenvalue weighted by molar-refractivity contribution is 5.44. The molecule has 1 aromatic heterocycles. The van der Waals surface area contributed by atoms with E-state index in [9.17, 15) is 0 Å². The first kappa shape index (κ1) is 12.1. The van der Waals surface area contributed by atoms with Gasteiger partial charge in [0.2, 0.25) is 5.95 Å². The third-order valence-corrected chi connectivity index (χ3v) is 2.92. The van der Waals surface area contributed by atoms with Crippen LogP contribution in [0.15, 0.2) is 12.3 Å². The maximum Gasteiger partial charge on any atom is 0.226 e. The van der Waals surface area contributed by atoms with Gasteiger partial charge in [0, 0.05) is 45.5 Å². The van der Waals surface area contributed by atoms with Gasteiger partial charge in [-0.15, -0.1) is 0 Å². The Morgan fingerprint density at radius 2 is 2.18 bits per heavy atom. The maximum atomic E-state index is 4.57. The SMILES string of the molecule is CN(C)c1nccc(N2CCNC(C)(C)C2)n1. The summed E-state index contributed by atoms with van der Waals surface area (Å²) in [5.74, 6) is 1.78. The lowest BCUT2D eigenvalue weighted by Crippen LogP contribution is -2.57. The van der Waals surface area contributed by atoms with Gasteiger partial charge < -0.3 is 15.1 Å². The molecule has 94 valence electrons. The van der Waals surface area contributed by atoms with Crippen molar-refractivity contribution in [2.45, 2.75) is 19.4 Å². The molecule has 1 aliphatic rings. The molecule has 0 aromatic carbocycles. The number of anilines is 2. The number of nitrogens with zero attached hydrogens (tertiary/aromatic N) is 4. The molecule has 0 spiro atoms. The number of hydrogen-bond acceptors (Lipinski definition) is 5. The molecule has 0 unspecified atom stereocenters. The zero-order chi connectivity index (χ0) is 12.5. The van der Waals surface area contributed by atoms with Gasteiger partial charge in [0.25, 0.3) is 0 Å². The Morgan fingerprint density at radius 3 is 2.82 bits per heavy atom. The van der Waals surface area contributed by atoms with E-state index < -0.39 is 0 Å². The molecule has 0 radical (unpaired) electrons. The van der Waals surface area contributed by atoms with E-state index in [-0.39, 0.29) is 5.54 Å². The zero-order valence-electron chi connectivity index (χ0n) is 11.1. The van der Waals surface area contributed by atoms with Crippen LogP contribution in [-0.4, -0.2) is 49.2 Å². The lowest BCUT2D eigenvalue weighted by Gasteiger charge is -2.39. The van der Waals surface area contributed by atoms with Gasteiger partial charge in [-0.05, 0) is 19.9 Å². The van der Waals surface area contributed by atoms with Crippen LogP contribution < -0.4 is 15.1 Å². The molecule has 1 aromatic rings. The van der Waals surface area contributed by atoms with Crippen LogP contribution in [-0.2, 0) is 0 Å². The van der Waals surface area contributed by atoms with E-state index in [0.717, 1.165) is 31.4 Å². The van der Waals surface area contributed by atoms with E-state index in [4.69, 9.17) is 0 Å². The molecule has 1 fully saturated rings. The molecule has 5 heteroatoms. The first-order valence-corrected chi connectivity index (χ1v) is 5.98. The fraction of sp³-hybridized carbons (Fsp3) is 0.667. The minimum absolute atomic E-state index is 0.140. The largest absolute Gasteiger partial charge is 0.353 e. The molecule has 0 aliphatic carbocycles. The van der Waals surface area contributed by atoms with Crippen LogP contribution >= 0.6 is 0 Å². The smallest absolute Gasteiger partial charge is 0.226 e. The van der Waals surface area contributed by atoms with Crippen LogP contribution in [0.2, 0.25) is 0 Å². The third kappa shape index (κ3) is 2.85. The predicted octanol–water partition coefficient (Wildman–Crippen LogP) is 0.731. The Hall–Kier alpha value is -1.36. The van der Waals surface area contributed by atoms with Crippen LogP contribution in [0.25, 0.3) is 0 Å². The quantitative estimate of drug-likeness (QED) is 0.819. The second kappa shape index (κ2) is 4.49. The van der Waals surface area contributed by atoms with E-state index in [1.807, 2.05) is 31.3 Å². The van der Waals surface area contributed by atoms with Crippen molar-refractivity contribution in [3.8, 4) is 0 Å². The first-order valence-electron chi connectivity index (χ1n) is 5.98. The van der Waals surface area contributed by atoms with Crippen LogP contribution in [0.4, 0.5) is 11.8 Å². The molecular formula is C12H21N5. The molecule has 0 saturated carbocycles. The molecule has 1 aliphatic heterocycles. The Bertz CT molecular complexity index is 388. The summed E-state index contributed by atoms with van der Waals surface area (Å²) in [4.78, 5) is 13.1. The fourth-order valence-corrected chi connectivity index (χ4v) is 2.07. The fourth-order valence-electron chi connectivity index (χ4n) is 2.07. The zero-order valence-corrected chi connectivity index (χ0v) is 11.1. The standard InChI is InChI=1S/C12H21N5/c1-12(2)9-17(8-7-14-12)10-5-6-13-11(15-10)16(3)4/h5-6,14H,7-9H2,1-4H3. The maximum absolute atomic E-state index is 4.57. The van der Waals surface area contributed by atoms with Crippen molar-refractivity contribution in [3.05, 3.63) is 12.3 Å². The number of aromatic nitrogens is 2.